The molecule has 0 bridgehead atoms. The van der Waals surface area contributed by atoms with Crippen LogP contribution in [0, 0.1) is 12.8 Å². The average molecular weight is 345 g/mol. The van der Waals surface area contributed by atoms with Gasteiger partial charge in [-0.05, 0) is 47.7 Å². The molecule has 0 aliphatic heterocycles. The maximum atomic E-state index is 12.1. The number of benzene rings is 1. The Bertz CT molecular complexity index is 681. The number of nitrogens with zero attached hydrogens (tertiary/aromatic N) is 4. The van der Waals surface area contributed by atoms with Crippen LogP contribution in [0.3, 0.4) is 0 Å². The molecule has 1 aromatic carbocycles. The number of hydrogen-bond acceptors (Lipinski definition) is 5. The summed E-state index contributed by atoms with van der Waals surface area (Å²) in [6.45, 7) is 2.81. The Morgan fingerprint density at radius 3 is 2.88 bits per heavy atom. The molecule has 0 spiro atoms. The standard InChI is InChI=1S/C17H23N5OS/c1-13-7-5-6-10-15(13)22-17(19-20-21-22)24-12-16(23)18-11-14-8-3-2-4-9-14/h5-7,10,14H,2-4,8-9,11-12H2,1H3,(H,18,23). The van der Waals surface area contributed by atoms with E-state index < -0.39 is 0 Å². The zero-order valence-corrected chi connectivity index (χ0v) is 14.8. The van der Waals surface area contributed by atoms with Crippen LogP contribution >= 0.6 is 11.8 Å². The molecule has 1 N–H and O–H groups in total. The molecule has 0 radical (unpaired) electrons. The maximum Gasteiger partial charge on any atom is 0.230 e. The van der Waals surface area contributed by atoms with Crippen LogP contribution in [0.4, 0.5) is 0 Å². The lowest BCUT2D eigenvalue weighted by molar-refractivity contribution is -0.118. The van der Waals surface area contributed by atoms with Gasteiger partial charge in [0.2, 0.25) is 11.1 Å². The lowest BCUT2D eigenvalue weighted by atomic mass is 9.89. The van der Waals surface area contributed by atoms with E-state index in [-0.39, 0.29) is 5.91 Å². The summed E-state index contributed by atoms with van der Waals surface area (Å²) in [4.78, 5) is 12.1. The van der Waals surface area contributed by atoms with Gasteiger partial charge in [0.15, 0.2) is 0 Å². The van der Waals surface area contributed by atoms with E-state index in [0.717, 1.165) is 17.8 Å². The lowest BCUT2D eigenvalue weighted by Crippen LogP contribution is -2.31. The van der Waals surface area contributed by atoms with Crippen LogP contribution in [0.15, 0.2) is 29.4 Å². The summed E-state index contributed by atoms with van der Waals surface area (Å²) in [5, 5.41) is 15.5. The van der Waals surface area contributed by atoms with Crippen molar-refractivity contribution >= 4 is 17.7 Å². The van der Waals surface area contributed by atoms with E-state index in [4.69, 9.17) is 0 Å². The first-order valence-electron chi connectivity index (χ1n) is 8.48. The molecule has 1 aromatic heterocycles. The van der Waals surface area contributed by atoms with Crippen molar-refractivity contribution in [2.24, 2.45) is 5.92 Å². The van der Waals surface area contributed by atoms with E-state index in [2.05, 4.69) is 20.8 Å². The molecule has 2 aromatic rings. The van der Waals surface area contributed by atoms with Crippen molar-refractivity contribution in [1.29, 1.82) is 0 Å². The molecule has 7 heteroatoms. The fraction of sp³-hybridized carbons (Fsp3) is 0.529. The predicted octanol–water partition coefficient (Wildman–Crippen LogP) is 2.76. The Morgan fingerprint density at radius 2 is 2.08 bits per heavy atom. The van der Waals surface area contributed by atoms with Crippen LogP contribution in [0.25, 0.3) is 5.69 Å². The topological polar surface area (TPSA) is 72.7 Å². The smallest absolute Gasteiger partial charge is 0.230 e. The van der Waals surface area contributed by atoms with Crippen molar-refractivity contribution < 1.29 is 4.79 Å². The van der Waals surface area contributed by atoms with E-state index in [9.17, 15) is 4.79 Å². The number of tetrazole rings is 1. The molecule has 0 unspecified atom stereocenters. The van der Waals surface area contributed by atoms with Crippen molar-refractivity contribution in [1.82, 2.24) is 25.5 Å². The number of aromatic nitrogens is 4. The normalized spacial score (nSPS) is 15.4. The number of carbonyl (C=O) groups excluding carboxylic acids is 1. The largest absolute Gasteiger partial charge is 0.355 e. The van der Waals surface area contributed by atoms with Gasteiger partial charge in [-0.1, -0.05) is 49.2 Å². The second kappa shape index (κ2) is 8.28. The SMILES string of the molecule is Cc1ccccc1-n1nnnc1SCC(=O)NCC1CCCCC1. The van der Waals surface area contributed by atoms with E-state index in [0.29, 0.717) is 16.8 Å². The Kier molecular flexibility index (Phi) is 5.85. The zero-order chi connectivity index (χ0) is 16.8. The van der Waals surface area contributed by atoms with Crippen molar-refractivity contribution in [2.45, 2.75) is 44.2 Å². The van der Waals surface area contributed by atoms with E-state index in [1.807, 2.05) is 31.2 Å². The number of carbonyl (C=O) groups is 1. The zero-order valence-electron chi connectivity index (χ0n) is 13.9. The molecule has 0 saturated heterocycles. The highest BCUT2D eigenvalue weighted by atomic mass is 32.2. The highest BCUT2D eigenvalue weighted by Crippen LogP contribution is 2.23. The molecule has 6 nitrogen and oxygen atoms in total. The summed E-state index contributed by atoms with van der Waals surface area (Å²) in [7, 11) is 0. The Morgan fingerprint density at radius 1 is 1.29 bits per heavy atom. The molecule has 1 fully saturated rings. The lowest BCUT2D eigenvalue weighted by Gasteiger charge is -2.21. The van der Waals surface area contributed by atoms with E-state index in [1.165, 1.54) is 43.9 Å². The summed E-state index contributed by atoms with van der Waals surface area (Å²) in [5.41, 5.74) is 2.03. The fourth-order valence-corrected chi connectivity index (χ4v) is 3.77. The quantitative estimate of drug-likeness (QED) is 0.815. The second-order valence-electron chi connectivity index (χ2n) is 6.26. The third-order valence-corrected chi connectivity index (χ3v) is 5.35. The number of thioether (sulfide) groups is 1. The molecule has 1 aliphatic carbocycles. The average Bonchev–Trinajstić information content (AvgIpc) is 3.08. The minimum atomic E-state index is 0.0462. The molecule has 128 valence electrons. The van der Waals surface area contributed by atoms with Gasteiger partial charge in [-0.15, -0.1) is 5.10 Å². The van der Waals surface area contributed by atoms with Gasteiger partial charge in [0.25, 0.3) is 0 Å². The van der Waals surface area contributed by atoms with Gasteiger partial charge >= 0.3 is 0 Å². The summed E-state index contributed by atoms with van der Waals surface area (Å²) in [6.07, 6.45) is 6.39. The minimum absolute atomic E-state index is 0.0462. The van der Waals surface area contributed by atoms with E-state index in [1.54, 1.807) is 4.68 Å². The van der Waals surface area contributed by atoms with Crippen molar-refractivity contribution in [2.75, 3.05) is 12.3 Å². The van der Waals surface area contributed by atoms with E-state index >= 15 is 0 Å². The van der Waals surface area contributed by atoms with Gasteiger partial charge < -0.3 is 5.32 Å². The monoisotopic (exact) mass is 345 g/mol. The van der Waals surface area contributed by atoms with Crippen LogP contribution in [0.5, 0.6) is 0 Å². The predicted molar refractivity (Wildman–Crippen MR) is 94.2 cm³/mol. The first-order valence-corrected chi connectivity index (χ1v) is 9.46. The molecule has 1 amide bonds. The first kappa shape index (κ1) is 17.0. The van der Waals surface area contributed by atoms with Gasteiger partial charge in [-0.3, -0.25) is 4.79 Å². The number of aryl methyl sites for hydroxylation is 1. The van der Waals surface area contributed by atoms with Crippen LogP contribution in [0.1, 0.15) is 37.7 Å². The molecule has 1 saturated carbocycles. The third-order valence-electron chi connectivity index (χ3n) is 4.43. The highest BCUT2D eigenvalue weighted by molar-refractivity contribution is 7.99. The minimum Gasteiger partial charge on any atom is -0.355 e. The van der Waals surface area contributed by atoms with Crippen LogP contribution in [-0.2, 0) is 4.79 Å². The second-order valence-corrected chi connectivity index (χ2v) is 7.20. The van der Waals surface area contributed by atoms with Crippen molar-refractivity contribution in [3.8, 4) is 5.69 Å². The number of rotatable bonds is 6. The number of nitrogens with one attached hydrogen (secondary N) is 1. The van der Waals surface area contributed by atoms with Gasteiger partial charge in [-0.2, -0.15) is 4.68 Å². The number of amides is 1. The Hall–Kier alpha value is -1.89. The molecule has 3 rings (SSSR count). The fourth-order valence-electron chi connectivity index (χ4n) is 3.05. The van der Waals surface area contributed by atoms with Crippen molar-refractivity contribution in [3.63, 3.8) is 0 Å². The van der Waals surface area contributed by atoms with Crippen LogP contribution < -0.4 is 5.32 Å². The van der Waals surface area contributed by atoms with Crippen molar-refractivity contribution in [3.05, 3.63) is 29.8 Å². The van der Waals surface area contributed by atoms with Crippen LogP contribution in [-0.4, -0.2) is 38.4 Å². The highest BCUT2D eigenvalue weighted by Gasteiger charge is 2.16. The Labute approximate surface area is 146 Å². The number of hydrogen-bond donors (Lipinski definition) is 1. The summed E-state index contributed by atoms with van der Waals surface area (Å²) >= 11 is 1.37. The van der Waals surface area contributed by atoms with Gasteiger partial charge in [-0.25, -0.2) is 0 Å². The van der Waals surface area contributed by atoms with Gasteiger partial charge in [0.1, 0.15) is 0 Å². The molecule has 24 heavy (non-hydrogen) atoms. The summed E-state index contributed by atoms with van der Waals surface area (Å²) < 4.78 is 1.69. The Balaban J connectivity index is 1.53. The molecule has 1 heterocycles. The molecule has 0 atom stereocenters. The van der Waals surface area contributed by atoms with Crippen LogP contribution in [0.2, 0.25) is 0 Å². The molecular weight excluding hydrogens is 322 g/mol. The molecule has 1 aliphatic rings. The van der Waals surface area contributed by atoms with Gasteiger partial charge in [0.05, 0.1) is 11.4 Å². The number of para-hydroxylation sites is 1. The summed E-state index contributed by atoms with van der Waals surface area (Å²) in [5.74, 6) is 1.02. The maximum absolute atomic E-state index is 12.1. The first-order chi connectivity index (χ1) is 11.7. The summed E-state index contributed by atoms with van der Waals surface area (Å²) in [6, 6.07) is 7.92. The molecular formula is C17H23N5OS. The van der Waals surface area contributed by atoms with Gasteiger partial charge in [0, 0.05) is 6.54 Å². The third kappa shape index (κ3) is 4.35.